The lowest BCUT2D eigenvalue weighted by molar-refractivity contribution is 0.0690. The molecule has 0 bridgehead atoms. The zero-order chi connectivity index (χ0) is 14.6. The van der Waals surface area contributed by atoms with Gasteiger partial charge in [-0.1, -0.05) is 13.8 Å². The molecule has 0 spiro atoms. The van der Waals surface area contributed by atoms with E-state index in [2.05, 4.69) is 14.9 Å². The zero-order valence-electron chi connectivity index (χ0n) is 12.1. The van der Waals surface area contributed by atoms with Crippen LogP contribution in [-0.2, 0) is 0 Å². The third-order valence-corrected chi connectivity index (χ3v) is 3.54. The molecule has 0 atom stereocenters. The molecule has 0 saturated heterocycles. The Kier molecular flexibility index (Phi) is 5.75. The van der Waals surface area contributed by atoms with Gasteiger partial charge in [-0.25, -0.2) is 14.8 Å². The van der Waals surface area contributed by atoms with Crippen molar-refractivity contribution in [1.82, 2.24) is 14.9 Å². The predicted molar refractivity (Wildman–Crippen MR) is 77.1 cm³/mol. The summed E-state index contributed by atoms with van der Waals surface area (Å²) in [6.07, 6.45) is 0. The first kappa shape index (κ1) is 15.9. The molecule has 0 aliphatic rings. The van der Waals surface area contributed by atoms with Crippen molar-refractivity contribution in [1.29, 1.82) is 0 Å². The van der Waals surface area contributed by atoms with Gasteiger partial charge in [0.05, 0.1) is 5.69 Å². The van der Waals surface area contributed by atoms with Crippen LogP contribution in [0.1, 0.15) is 41.6 Å². The highest BCUT2D eigenvalue weighted by Crippen LogP contribution is 2.24. The predicted octanol–water partition coefficient (Wildman–Crippen LogP) is 2.26. The van der Waals surface area contributed by atoms with Gasteiger partial charge in [-0.3, -0.25) is 0 Å². The normalized spacial score (nSPS) is 11.3. The van der Waals surface area contributed by atoms with Crippen molar-refractivity contribution in [2.45, 2.75) is 31.7 Å². The van der Waals surface area contributed by atoms with Gasteiger partial charge in [0.25, 0.3) is 0 Å². The summed E-state index contributed by atoms with van der Waals surface area (Å²) in [5.74, 6) is 0.742. The van der Waals surface area contributed by atoms with Crippen molar-refractivity contribution >= 4 is 17.7 Å². The van der Waals surface area contributed by atoms with Gasteiger partial charge < -0.3 is 10.0 Å². The van der Waals surface area contributed by atoms with E-state index in [1.54, 1.807) is 6.92 Å². The van der Waals surface area contributed by atoms with E-state index in [-0.39, 0.29) is 11.5 Å². The van der Waals surface area contributed by atoms with Gasteiger partial charge in [-0.15, -0.1) is 11.8 Å². The van der Waals surface area contributed by atoms with Crippen LogP contribution in [-0.4, -0.2) is 52.3 Å². The lowest BCUT2D eigenvalue weighted by atomic mass is 10.2. The van der Waals surface area contributed by atoms with Crippen molar-refractivity contribution in [3.8, 4) is 0 Å². The van der Waals surface area contributed by atoms with Crippen LogP contribution in [0.15, 0.2) is 5.03 Å². The van der Waals surface area contributed by atoms with Crippen LogP contribution in [0.2, 0.25) is 0 Å². The maximum atomic E-state index is 11.3. The Hall–Kier alpha value is -1.14. The number of aromatic nitrogens is 2. The Balaban J connectivity index is 3.06. The smallest absolute Gasteiger partial charge is 0.340 e. The number of thioether (sulfide) groups is 1. The number of rotatable bonds is 6. The second-order valence-electron chi connectivity index (χ2n) is 4.96. The first-order valence-electron chi connectivity index (χ1n) is 6.22. The Labute approximate surface area is 118 Å². The fourth-order valence-electron chi connectivity index (χ4n) is 1.50. The van der Waals surface area contributed by atoms with Gasteiger partial charge in [-0.2, -0.15) is 0 Å². The second kappa shape index (κ2) is 6.86. The molecule has 19 heavy (non-hydrogen) atoms. The molecule has 1 heterocycles. The lowest BCUT2D eigenvalue weighted by Crippen LogP contribution is -2.16. The fourth-order valence-corrected chi connectivity index (χ4v) is 2.69. The molecular formula is C13H21N3O2S. The Morgan fingerprint density at radius 2 is 2.00 bits per heavy atom. The van der Waals surface area contributed by atoms with Crippen molar-refractivity contribution in [2.24, 2.45) is 0 Å². The SMILES string of the molecule is Cc1nc(C(C)C)nc(SCCN(C)C)c1C(=O)O. The van der Waals surface area contributed by atoms with Crippen LogP contribution in [0.25, 0.3) is 0 Å². The van der Waals surface area contributed by atoms with Gasteiger partial charge in [0.1, 0.15) is 16.4 Å². The van der Waals surface area contributed by atoms with E-state index in [0.717, 1.165) is 12.3 Å². The highest BCUT2D eigenvalue weighted by atomic mass is 32.2. The number of carboxylic acid groups (broad SMARTS) is 1. The lowest BCUT2D eigenvalue weighted by Gasteiger charge is -2.13. The van der Waals surface area contributed by atoms with Gasteiger partial charge in [-0.05, 0) is 21.0 Å². The number of carboxylic acids is 1. The molecule has 0 aromatic carbocycles. The molecule has 1 N–H and O–H groups in total. The van der Waals surface area contributed by atoms with Gasteiger partial charge in [0.15, 0.2) is 0 Å². The molecule has 106 valence electrons. The highest BCUT2D eigenvalue weighted by molar-refractivity contribution is 7.99. The molecule has 0 amide bonds. The molecule has 5 nitrogen and oxygen atoms in total. The average Bonchev–Trinajstić information content (AvgIpc) is 2.26. The molecule has 1 aromatic heterocycles. The van der Waals surface area contributed by atoms with Gasteiger partial charge in [0, 0.05) is 18.2 Å². The van der Waals surface area contributed by atoms with E-state index in [1.165, 1.54) is 11.8 Å². The molecule has 0 saturated carbocycles. The topological polar surface area (TPSA) is 66.3 Å². The standard InChI is InChI=1S/C13H21N3O2S/c1-8(2)11-14-9(3)10(13(17)18)12(15-11)19-7-6-16(4)5/h8H,6-7H2,1-5H3,(H,17,18). The molecule has 0 unspecified atom stereocenters. The zero-order valence-corrected chi connectivity index (χ0v) is 12.9. The minimum Gasteiger partial charge on any atom is -0.478 e. The molecule has 1 rings (SSSR count). The molecule has 1 aromatic rings. The summed E-state index contributed by atoms with van der Waals surface area (Å²) >= 11 is 1.48. The van der Waals surface area contributed by atoms with Crippen LogP contribution in [0, 0.1) is 6.92 Å². The highest BCUT2D eigenvalue weighted by Gasteiger charge is 2.19. The summed E-state index contributed by atoms with van der Waals surface area (Å²) < 4.78 is 0. The largest absolute Gasteiger partial charge is 0.478 e. The summed E-state index contributed by atoms with van der Waals surface area (Å²) in [6.45, 7) is 6.61. The van der Waals surface area contributed by atoms with Crippen LogP contribution in [0.3, 0.4) is 0 Å². The molecule has 0 fully saturated rings. The molecule has 0 aliphatic carbocycles. The first-order valence-corrected chi connectivity index (χ1v) is 7.20. The maximum Gasteiger partial charge on any atom is 0.340 e. The minimum atomic E-state index is -0.958. The van der Waals surface area contributed by atoms with Crippen molar-refractivity contribution in [2.75, 3.05) is 26.4 Å². The van der Waals surface area contributed by atoms with E-state index in [1.807, 2.05) is 27.9 Å². The van der Waals surface area contributed by atoms with E-state index >= 15 is 0 Å². The average molecular weight is 283 g/mol. The number of hydrogen-bond acceptors (Lipinski definition) is 5. The summed E-state index contributed by atoms with van der Waals surface area (Å²) in [5, 5.41) is 9.86. The Morgan fingerprint density at radius 1 is 1.37 bits per heavy atom. The van der Waals surface area contributed by atoms with Crippen molar-refractivity contribution in [3.63, 3.8) is 0 Å². The second-order valence-corrected chi connectivity index (χ2v) is 6.04. The first-order chi connectivity index (χ1) is 8.82. The number of nitrogens with zero attached hydrogens (tertiary/aromatic N) is 3. The maximum absolute atomic E-state index is 11.3. The summed E-state index contributed by atoms with van der Waals surface area (Å²) in [4.78, 5) is 22.1. The summed E-state index contributed by atoms with van der Waals surface area (Å²) in [6, 6.07) is 0. The van der Waals surface area contributed by atoms with E-state index in [0.29, 0.717) is 16.5 Å². The van der Waals surface area contributed by atoms with E-state index in [4.69, 9.17) is 0 Å². The molecule has 0 aliphatic heterocycles. The van der Waals surface area contributed by atoms with Crippen molar-refractivity contribution in [3.05, 3.63) is 17.1 Å². The van der Waals surface area contributed by atoms with Crippen LogP contribution < -0.4 is 0 Å². The minimum absolute atomic E-state index is 0.190. The van der Waals surface area contributed by atoms with E-state index in [9.17, 15) is 9.90 Å². The quantitative estimate of drug-likeness (QED) is 0.638. The van der Waals surface area contributed by atoms with E-state index < -0.39 is 5.97 Å². The molecular weight excluding hydrogens is 262 g/mol. The number of hydrogen-bond donors (Lipinski definition) is 1. The number of carbonyl (C=O) groups is 1. The van der Waals surface area contributed by atoms with Crippen LogP contribution in [0.4, 0.5) is 0 Å². The Morgan fingerprint density at radius 3 is 2.47 bits per heavy atom. The summed E-state index contributed by atoms with van der Waals surface area (Å²) in [5.41, 5.74) is 0.770. The van der Waals surface area contributed by atoms with Gasteiger partial charge in [0.2, 0.25) is 0 Å². The van der Waals surface area contributed by atoms with Gasteiger partial charge >= 0.3 is 5.97 Å². The fraction of sp³-hybridized carbons (Fsp3) is 0.615. The summed E-state index contributed by atoms with van der Waals surface area (Å²) in [7, 11) is 3.98. The van der Waals surface area contributed by atoms with Crippen LogP contribution >= 0.6 is 11.8 Å². The van der Waals surface area contributed by atoms with Crippen LogP contribution in [0.5, 0.6) is 0 Å². The molecule has 0 radical (unpaired) electrons. The molecule has 6 heteroatoms. The third kappa shape index (κ3) is 4.47. The Bertz CT molecular complexity index is 461. The monoisotopic (exact) mass is 283 g/mol. The van der Waals surface area contributed by atoms with Crippen molar-refractivity contribution < 1.29 is 9.90 Å². The number of aryl methyl sites for hydroxylation is 1. The third-order valence-electron chi connectivity index (χ3n) is 2.58. The number of aromatic carboxylic acids is 1.